The number of benzene rings is 3. The van der Waals surface area contributed by atoms with Gasteiger partial charge in [-0.2, -0.15) is 0 Å². The summed E-state index contributed by atoms with van der Waals surface area (Å²) in [6.07, 6.45) is 5.94. The van der Waals surface area contributed by atoms with E-state index in [1.807, 2.05) is 6.21 Å². The van der Waals surface area contributed by atoms with E-state index in [1.165, 1.54) is 48.8 Å². The summed E-state index contributed by atoms with van der Waals surface area (Å²) in [5.41, 5.74) is 3.47. The van der Waals surface area contributed by atoms with Crippen molar-refractivity contribution in [3.8, 4) is 0 Å². The van der Waals surface area contributed by atoms with Crippen LogP contribution in [-0.4, -0.2) is 19.3 Å². The lowest BCUT2D eigenvalue weighted by molar-refractivity contribution is 0.578. The second kappa shape index (κ2) is 6.88. The maximum atomic E-state index is 4.63. The van der Waals surface area contributed by atoms with Crippen LogP contribution in [0.5, 0.6) is 0 Å². The highest BCUT2D eigenvalue weighted by molar-refractivity contribution is 5.87. The van der Waals surface area contributed by atoms with Gasteiger partial charge in [0.1, 0.15) is 0 Å². The molecule has 4 rings (SSSR count). The minimum atomic E-state index is 0.994. The Hall–Kier alpha value is -2.61. The van der Waals surface area contributed by atoms with Gasteiger partial charge in [0.2, 0.25) is 0 Å². The molecular weight excluding hydrogens is 292 g/mol. The third-order valence-corrected chi connectivity index (χ3v) is 4.71. The largest absolute Gasteiger partial charge is 0.372 e. The van der Waals surface area contributed by atoms with E-state index in [2.05, 4.69) is 76.6 Å². The van der Waals surface area contributed by atoms with Crippen molar-refractivity contribution < 1.29 is 0 Å². The van der Waals surface area contributed by atoms with Crippen molar-refractivity contribution in [3.63, 3.8) is 0 Å². The van der Waals surface area contributed by atoms with Crippen molar-refractivity contribution in [2.75, 3.05) is 18.0 Å². The van der Waals surface area contributed by atoms with E-state index in [0.29, 0.717) is 0 Å². The van der Waals surface area contributed by atoms with Crippen LogP contribution in [0.25, 0.3) is 10.8 Å². The van der Waals surface area contributed by atoms with Gasteiger partial charge in [-0.25, -0.2) is 0 Å². The first-order valence-corrected chi connectivity index (χ1v) is 8.76. The Morgan fingerprint density at radius 2 is 1.50 bits per heavy atom. The minimum absolute atomic E-state index is 0.994. The molecule has 1 heterocycles. The van der Waals surface area contributed by atoms with E-state index < -0.39 is 0 Å². The van der Waals surface area contributed by atoms with Crippen LogP contribution in [0.1, 0.15) is 24.8 Å². The van der Waals surface area contributed by atoms with E-state index in [4.69, 9.17) is 0 Å². The maximum absolute atomic E-state index is 4.63. The van der Waals surface area contributed by atoms with Gasteiger partial charge in [0.25, 0.3) is 0 Å². The molecule has 0 unspecified atom stereocenters. The molecule has 0 N–H and O–H groups in total. The second-order valence-electron chi connectivity index (χ2n) is 6.43. The number of hydrogen-bond donors (Lipinski definition) is 0. The summed E-state index contributed by atoms with van der Waals surface area (Å²) < 4.78 is 0. The average molecular weight is 314 g/mol. The number of hydrogen-bond acceptors (Lipinski definition) is 2. The van der Waals surface area contributed by atoms with Crippen LogP contribution in [0.2, 0.25) is 0 Å². The summed E-state index contributed by atoms with van der Waals surface area (Å²) in [5.74, 6) is 0. The molecule has 24 heavy (non-hydrogen) atoms. The monoisotopic (exact) mass is 314 g/mol. The van der Waals surface area contributed by atoms with Gasteiger partial charge >= 0.3 is 0 Å². The molecule has 3 aromatic rings. The number of piperidine rings is 1. The van der Waals surface area contributed by atoms with E-state index in [1.54, 1.807) is 0 Å². The molecule has 0 spiro atoms. The molecule has 1 fully saturated rings. The molecule has 3 aromatic carbocycles. The molecule has 0 bridgehead atoms. The Balaban J connectivity index is 1.50. The topological polar surface area (TPSA) is 15.6 Å². The second-order valence-corrected chi connectivity index (χ2v) is 6.43. The standard InChI is InChI=1S/C22H22N2/c1-4-14-24(15-5-1)22-12-8-18(9-13-22)17-23-21-11-10-19-6-2-3-7-20(19)16-21/h2-3,6-13,16-17H,1,4-5,14-15H2. The lowest BCUT2D eigenvalue weighted by Crippen LogP contribution is -2.29. The highest BCUT2D eigenvalue weighted by Gasteiger charge is 2.10. The lowest BCUT2D eigenvalue weighted by atomic mass is 10.1. The van der Waals surface area contributed by atoms with Gasteiger partial charge in [0, 0.05) is 25.0 Å². The van der Waals surface area contributed by atoms with Crippen LogP contribution < -0.4 is 4.90 Å². The molecule has 0 aromatic heterocycles. The molecule has 1 saturated heterocycles. The van der Waals surface area contributed by atoms with Crippen molar-refractivity contribution >= 4 is 28.4 Å². The van der Waals surface area contributed by atoms with Gasteiger partial charge in [-0.3, -0.25) is 4.99 Å². The zero-order chi connectivity index (χ0) is 16.2. The number of anilines is 1. The van der Waals surface area contributed by atoms with E-state index in [-0.39, 0.29) is 0 Å². The quantitative estimate of drug-likeness (QED) is 0.576. The predicted molar refractivity (Wildman–Crippen MR) is 104 cm³/mol. The Labute approximate surface area is 143 Å². The van der Waals surface area contributed by atoms with Crippen LogP contribution in [0.4, 0.5) is 11.4 Å². The summed E-state index contributed by atoms with van der Waals surface area (Å²) in [4.78, 5) is 7.11. The van der Waals surface area contributed by atoms with Gasteiger partial charge < -0.3 is 4.90 Å². The molecule has 0 saturated carbocycles. The zero-order valence-corrected chi connectivity index (χ0v) is 13.9. The normalized spacial score (nSPS) is 15.2. The van der Waals surface area contributed by atoms with E-state index in [9.17, 15) is 0 Å². The molecule has 0 radical (unpaired) electrons. The Bertz CT molecular complexity index is 843. The lowest BCUT2D eigenvalue weighted by Gasteiger charge is -2.28. The average Bonchev–Trinajstić information content (AvgIpc) is 2.67. The third kappa shape index (κ3) is 3.33. The molecular formula is C22H22N2. The maximum Gasteiger partial charge on any atom is 0.0636 e. The molecule has 0 atom stereocenters. The van der Waals surface area contributed by atoms with Crippen molar-refractivity contribution in [1.29, 1.82) is 0 Å². The predicted octanol–water partition coefficient (Wildman–Crippen LogP) is 5.58. The van der Waals surface area contributed by atoms with Gasteiger partial charge in [0.15, 0.2) is 0 Å². The van der Waals surface area contributed by atoms with Crippen LogP contribution >= 0.6 is 0 Å². The summed E-state index contributed by atoms with van der Waals surface area (Å²) in [5, 5.41) is 2.48. The molecule has 120 valence electrons. The summed E-state index contributed by atoms with van der Waals surface area (Å²) >= 11 is 0. The van der Waals surface area contributed by atoms with Gasteiger partial charge in [-0.1, -0.05) is 42.5 Å². The van der Waals surface area contributed by atoms with E-state index >= 15 is 0 Å². The Morgan fingerprint density at radius 1 is 0.750 bits per heavy atom. The first-order chi connectivity index (χ1) is 11.9. The van der Waals surface area contributed by atoms with E-state index in [0.717, 1.165) is 11.3 Å². The van der Waals surface area contributed by atoms with Crippen molar-refractivity contribution in [3.05, 3.63) is 72.3 Å². The van der Waals surface area contributed by atoms with Gasteiger partial charge in [-0.05, 0) is 59.9 Å². The number of fused-ring (bicyclic) bond motifs is 1. The van der Waals surface area contributed by atoms with Crippen LogP contribution in [0.15, 0.2) is 71.7 Å². The Kier molecular flexibility index (Phi) is 4.28. The molecule has 0 amide bonds. The summed E-state index contributed by atoms with van der Waals surface area (Å²) in [7, 11) is 0. The fraction of sp³-hybridized carbons (Fsp3) is 0.227. The highest BCUT2D eigenvalue weighted by atomic mass is 15.1. The van der Waals surface area contributed by atoms with Crippen LogP contribution in [0, 0.1) is 0 Å². The van der Waals surface area contributed by atoms with Crippen molar-refractivity contribution in [1.82, 2.24) is 0 Å². The molecule has 2 heteroatoms. The van der Waals surface area contributed by atoms with Crippen LogP contribution in [0.3, 0.4) is 0 Å². The first kappa shape index (κ1) is 14.9. The van der Waals surface area contributed by atoms with Crippen LogP contribution in [-0.2, 0) is 0 Å². The Morgan fingerprint density at radius 3 is 2.29 bits per heavy atom. The fourth-order valence-corrected chi connectivity index (χ4v) is 3.33. The zero-order valence-electron chi connectivity index (χ0n) is 13.9. The smallest absolute Gasteiger partial charge is 0.0636 e. The third-order valence-electron chi connectivity index (χ3n) is 4.71. The number of aliphatic imine (C=N–C) groups is 1. The SMILES string of the molecule is C(=Nc1ccc2ccccc2c1)c1ccc(N2CCCCC2)cc1. The molecule has 2 nitrogen and oxygen atoms in total. The molecule has 1 aliphatic heterocycles. The summed E-state index contributed by atoms with van der Waals surface area (Å²) in [6, 6.07) is 23.5. The molecule has 1 aliphatic rings. The number of rotatable bonds is 3. The first-order valence-electron chi connectivity index (χ1n) is 8.76. The minimum Gasteiger partial charge on any atom is -0.372 e. The van der Waals surface area contributed by atoms with Gasteiger partial charge in [-0.15, -0.1) is 0 Å². The fourth-order valence-electron chi connectivity index (χ4n) is 3.33. The summed E-state index contributed by atoms with van der Waals surface area (Å²) in [6.45, 7) is 2.37. The van der Waals surface area contributed by atoms with Crippen molar-refractivity contribution in [2.24, 2.45) is 4.99 Å². The van der Waals surface area contributed by atoms with Gasteiger partial charge in [0.05, 0.1) is 5.69 Å². The molecule has 0 aliphatic carbocycles. The highest BCUT2D eigenvalue weighted by Crippen LogP contribution is 2.22. The van der Waals surface area contributed by atoms with Crippen molar-refractivity contribution in [2.45, 2.75) is 19.3 Å². The number of nitrogens with zero attached hydrogens (tertiary/aromatic N) is 2.